The number of phenols is 1. The molecule has 14 heteroatoms. The molecule has 2 aromatic carbocycles. The van der Waals surface area contributed by atoms with Crippen LogP contribution in [0, 0.1) is 0 Å². The second-order valence-electron chi connectivity index (χ2n) is 12.7. The van der Waals surface area contributed by atoms with E-state index in [1.165, 1.54) is 12.1 Å². The molecule has 0 unspecified atom stereocenters. The number of nitrogens with two attached hydrogens (primary N) is 4. The van der Waals surface area contributed by atoms with E-state index < -0.39 is 47.8 Å². The Morgan fingerprint density at radius 2 is 1.28 bits per heavy atom. The van der Waals surface area contributed by atoms with Crippen LogP contribution in [-0.2, 0) is 32.0 Å². The van der Waals surface area contributed by atoms with Crippen molar-refractivity contribution in [2.24, 2.45) is 27.9 Å². The first kappa shape index (κ1) is 38.5. The molecule has 0 saturated carbocycles. The van der Waals surface area contributed by atoms with E-state index in [-0.39, 0.29) is 37.5 Å². The van der Waals surface area contributed by atoms with Crippen molar-refractivity contribution in [1.82, 2.24) is 16.0 Å². The number of primary amides is 1. The summed E-state index contributed by atoms with van der Waals surface area (Å²) in [6, 6.07) is 11.3. The van der Waals surface area contributed by atoms with Crippen LogP contribution in [0.25, 0.3) is 0 Å². The molecule has 0 aliphatic carbocycles. The van der Waals surface area contributed by atoms with Gasteiger partial charge in [-0.25, -0.2) is 0 Å². The van der Waals surface area contributed by atoms with Crippen molar-refractivity contribution in [1.29, 1.82) is 0 Å². The van der Waals surface area contributed by atoms with Crippen molar-refractivity contribution in [3.8, 4) is 5.75 Å². The van der Waals surface area contributed by atoms with Gasteiger partial charge in [0, 0.05) is 13.0 Å². The lowest BCUT2D eigenvalue weighted by atomic mass is 10.0. The van der Waals surface area contributed by atoms with Gasteiger partial charge in [-0.3, -0.25) is 24.2 Å². The number of guanidine groups is 1. The van der Waals surface area contributed by atoms with Crippen LogP contribution in [0.2, 0.25) is 0 Å². The van der Waals surface area contributed by atoms with E-state index in [1.807, 2.05) is 30.3 Å². The summed E-state index contributed by atoms with van der Waals surface area (Å²) >= 11 is 0. The van der Waals surface area contributed by atoms with Gasteiger partial charge in [0.1, 0.15) is 23.9 Å². The number of aliphatic imine (C=N–C) groups is 1. The van der Waals surface area contributed by atoms with E-state index in [0.29, 0.717) is 19.3 Å². The van der Waals surface area contributed by atoms with Crippen LogP contribution in [0.5, 0.6) is 5.75 Å². The summed E-state index contributed by atoms with van der Waals surface area (Å²) in [5, 5.41) is 17.7. The molecule has 0 bridgehead atoms. The normalized spacial score (nSPS) is 13.8. The number of benzene rings is 2. The van der Waals surface area contributed by atoms with Crippen molar-refractivity contribution in [2.45, 2.75) is 69.1 Å². The van der Waals surface area contributed by atoms with Gasteiger partial charge < -0.3 is 48.5 Å². The Morgan fingerprint density at radius 3 is 1.87 bits per heavy atom. The number of nitrogens with one attached hydrogen (secondary N) is 3. The summed E-state index contributed by atoms with van der Waals surface area (Å²) < 4.78 is 0.768. The number of hydrogen-bond donors (Lipinski definition) is 8. The predicted molar refractivity (Wildman–Crippen MR) is 182 cm³/mol. The molecular weight excluding hydrogens is 602 g/mol. The van der Waals surface area contributed by atoms with Crippen LogP contribution < -0.4 is 38.9 Å². The molecule has 47 heavy (non-hydrogen) atoms. The Kier molecular flexibility index (Phi) is 15.6. The van der Waals surface area contributed by atoms with Gasteiger partial charge in [0.05, 0.1) is 33.7 Å². The third kappa shape index (κ3) is 15.4. The minimum absolute atomic E-state index is 0.0837. The number of quaternary nitrogens is 1. The summed E-state index contributed by atoms with van der Waals surface area (Å²) in [6.45, 7) is 1.10. The van der Waals surface area contributed by atoms with E-state index in [9.17, 15) is 24.3 Å². The second kappa shape index (κ2) is 19.1. The highest BCUT2D eigenvalue weighted by atomic mass is 16.3. The zero-order valence-corrected chi connectivity index (χ0v) is 27.7. The molecular formula is C33H52N9O5+. The van der Waals surface area contributed by atoms with E-state index in [4.69, 9.17) is 22.9 Å². The third-order valence-electron chi connectivity index (χ3n) is 7.45. The Hall–Kier alpha value is -4.69. The summed E-state index contributed by atoms with van der Waals surface area (Å²) in [7, 11) is 6.22. The zero-order valence-electron chi connectivity index (χ0n) is 27.7. The highest BCUT2D eigenvalue weighted by Gasteiger charge is 2.30. The smallest absolute Gasteiger partial charge is 0.243 e. The zero-order chi connectivity index (χ0) is 35.0. The lowest BCUT2D eigenvalue weighted by Crippen LogP contribution is -2.58. The number of phenolic OH excluding ortho intramolecular Hbond substituents is 1. The molecule has 0 heterocycles. The van der Waals surface area contributed by atoms with Crippen molar-refractivity contribution < 1.29 is 28.8 Å². The molecule has 4 atom stereocenters. The molecule has 258 valence electrons. The van der Waals surface area contributed by atoms with Gasteiger partial charge in [0.2, 0.25) is 23.6 Å². The second-order valence-corrected chi connectivity index (χ2v) is 12.7. The minimum Gasteiger partial charge on any atom is -0.508 e. The summed E-state index contributed by atoms with van der Waals surface area (Å²) in [6.07, 6.45) is 2.65. The van der Waals surface area contributed by atoms with Gasteiger partial charge in [-0.2, -0.15) is 0 Å². The minimum atomic E-state index is -1.08. The molecule has 0 spiro atoms. The van der Waals surface area contributed by atoms with E-state index in [0.717, 1.165) is 28.6 Å². The first-order valence-corrected chi connectivity index (χ1v) is 15.8. The average Bonchev–Trinajstić information content (AvgIpc) is 3.00. The van der Waals surface area contributed by atoms with Crippen LogP contribution >= 0.6 is 0 Å². The fraction of sp³-hybridized carbons (Fsp3) is 0.485. The molecule has 4 amide bonds. The van der Waals surface area contributed by atoms with E-state index >= 15 is 0 Å². The average molecular weight is 655 g/mol. The lowest BCUT2D eigenvalue weighted by molar-refractivity contribution is -0.870. The van der Waals surface area contributed by atoms with Crippen molar-refractivity contribution in [3.63, 3.8) is 0 Å². The number of rotatable bonds is 20. The van der Waals surface area contributed by atoms with Gasteiger partial charge in [0.15, 0.2) is 5.96 Å². The molecule has 0 saturated heterocycles. The maximum absolute atomic E-state index is 13.7. The maximum atomic E-state index is 13.7. The van der Waals surface area contributed by atoms with Gasteiger partial charge in [-0.15, -0.1) is 0 Å². The van der Waals surface area contributed by atoms with E-state index in [1.54, 1.807) is 12.1 Å². The summed E-state index contributed by atoms with van der Waals surface area (Å²) in [4.78, 5) is 56.6. The highest BCUT2D eigenvalue weighted by Crippen LogP contribution is 2.12. The molecule has 0 aliphatic heterocycles. The topological polar surface area (TPSA) is 241 Å². The molecule has 0 radical (unpaired) electrons. The summed E-state index contributed by atoms with van der Waals surface area (Å²) in [5.74, 6) is -2.46. The van der Waals surface area contributed by atoms with Crippen molar-refractivity contribution >= 4 is 29.6 Å². The Balaban J connectivity index is 2.22. The lowest BCUT2D eigenvalue weighted by Gasteiger charge is -2.26. The third-order valence-corrected chi connectivity index (χ3v) is 7.45. The highest BCUT2D eigenvalue weighted by molar-refractivity contribution is 5.94. The molecule has 2 rings (SSSR count). The number of amides is 4. The standard InChI is InChI=1S/C33H51N9O5/c1-42(2,3)19-8-7-12-26(29(35)44)39-32(47)28(21-22-10-5-4-6-11-22)41-31(46)27(13-9-18-38-33(36)37)40-30(45)25(34)20-23-14-16-24(43)17-15-23/h4-6,10-11,14-17,25-28H,7-9,12-13,18-21,34H2,1-3H3,(H9-,35,36,37,38,39,40,41,43,44,45,46,47)/p+1/t25-,26-,27+,28-/m0/s1. The fourth-order valence-corrected chi connectivity index (χ4v) is 4.85. The number of carbonyl (C=O) groups excluding carboxylic acids is 4. The molecule has 2 aromatic rings. The van der Waals surface area contributed by atoms with Crippen molar-refractivity contribution in [3.05, 3.63) is 65.7 Å². The van der Waals surface area contributed by atoms with Gasteiger partial charge in [-0.05, 0) is 61.8 Å². The molecule has 14 nitrogen and oxygen atoms in total. The molecule has 0 fully saturated rings. The van der Waals surface area contributed by atoms with Crippen molar-refractivity contribution in [2.75, 3.05) is 34.2 Å². The van der Waals surface area contributed by atoms with Gasteiger partial charge in [-0.1, -0.05) is 42.5 Å². The van der Waals surface area contributed by atoms with Crippen LogP contribution in [0.4, 0.5) is 0 Å². The number of unbranched alkanes of at least 4 members (excludes halogenated alkanes) is 1. The Labute approximate surface area is 276 Å². The van der Waals surface area contributed by atoms with Crippen LogP contribution in [-0.4, -0.2) is 97.6 Å². The quantitative estimate of drug-likeness (QED) is 0.0395. The first-order chi connectivity index (χ1) is 22.1. The maximum Gasteiger partial charge on any atom is 0.243 e. The van der Waals surface area contributed by atoms with Crippen LogP contribution in [0.15, 0.2) is 59.6 Å². The Bertz CT molecular complexity index is 1330. The van der Waals surface area contributed by atoms with Gasteiger partial charge >= 0.3 is 0 Å². The number of aromatic hydroxyl groups is 1. The molecule has 12 N–H and O–H groups in total. The molecule has 0 aromatic heterocycles. The first-order valence-electron chi connectivity index (χ1n) is 15.8. The number of hydrogen-bond acceptors (Lipinski definition) is 7. The van der Waals surface area contributed by atoms with Gasteiger partial charge in [0.25, 0.3) is 0 Å². The van der Waals surface area contributed by atoms with Crippen LogP contribution in [0.3, 0.4) is 0 Å². The van der Waals surface area contributed by atoms with Crippen LogP contribution in [0.1, 0.15) is 43.2 Å². The fourth-order valence-electron chi connectivity index (χ4n) is 4.85. The summed E-state index contributed by atoms with van der Waals surface area (Å²) in [5.41, 5.74) is 24.2. The monoisotopic (exact) mass is 654 g/mol. The largest absolute Gasteiger partial charge is 0.508 e. The number of carbonyl (C=O) groups is 4. The number of nitrogens with zero attached hydrogens (tertiary/aromatic N) is 2. The molecule has 0 aliphatic rings. The Morgan fingerprint density at radius 1 is 0.723 bits per heavy atom. The van der Waals surface area contributed by atoms with E-state index in [2.05, 4.69) is 42.1 Å². The predicted octanol–water partition coefficient (Wildman–Crippen LogP) is -0.625. The SMILES string of the molecule is C[N+](C)(C)CCCC[C@H](NC(=O)[C@H](Cc1ccccc1)NC(=O)[C@@H](CCCN=C(N)N)NC(=O)[C@@H](N)Cc1ccc(O)cc1)C(N)=O.